The maximum absolute atomic E-state index is 12.2. The lowest BCUT2D eigenvalue weighted by atomic mass is 10.2. The number of pyridine rings is 1. The van der Waals surface area contributed by atoms with Crippen molar-refractivity contribution in [1.29, 1.82) is 0 Å². The van der Waals surface area contributed by atoms with E-state index < -0.39 is 0 Å². The van der Waals surface area contributed by atoms with Crippen LogP contribution in [0.3, 0.4) is 0 Å². The maximum Gasteiger partial charge on any atom is 0.255 e. The number of hydrogen-bond acceptors (Lipinski definition) is 3. The average molecular weight is 255 g/mol. The molecule has 1 aromatic rings. The molecule has 2 rings (SSSR count). The van der Waals surface area contributed by atoms with Crippen LogP contribution < -0.4 is 0 Å². The SMILES string of the molecule is C[C@@H]1CN(C(=O)c2ccc(Cl)nc2)C[C@H](C)O1. The first-order valence-electron chi connectivity index (χ1n) is 5.62. The predicted octanol–water partition coefficient (Wildman–Crippen LogP) is 1.98. The first-order chi connectivity index (χ1) is 8.06. The van der Waals surface area contributed by atoms with Crippen LogP contribution in [0.15, 0.2) is 18.3 Å². The van der Waals surface area contributed by atoms with Crippen molar-refractivity contribution in [3.05, 3.63) is 29.0 Å². The topological polar surface area (TPSA) is 42.4 Å². The van der Waals surface area contributed by atoms with E-state index in [1.165, 1.54) is 6.20 Å². The fourth-order valence-corrected chi connectivity index (χ4v) is 2.14. The number of amides is 1. The second-order valence-corrected chi connectivity index (χ2v) is 4.72. The van der Waals surface area contributed by atoms with E-state index in [2.05, 4.69) is 4.98 Å². The molecule has 1 aromatic heterocycles. The minimum atomic E-state index is -0.0174. The summed E-state index contributed by atoms with van der Waals surface area (Å²) in [6, 6.07) is 3.32. The molecule has 1 fully saturated rings. The summed E-state index contributed by atoms with van der Waals surface area (Å²) in [5.74, 6) is -0.0174. The summed E-state index contributed by atoms with van der Waals surface area (Å²) in [6.07, 6.45) is 1.65. The average Bonchev–Trinajstić information content (AvgIpc) is 2.28. The number of ether oxygens (including phenoxy) is 1. The van der Waals surface area contributed by atoms with Gasteiger partial charge in [0.2, 0.25) is 0 Å². The van der Waals surface area contributed by atoms with Crippen molar-refractivity contribution >= 4 is 17.5 Å². The molecule has 0 N–H and O–H groups in total. The number of nitrogens with zero attached hydrogens (tertiary/aromatic N) is 2. The molecule has 1 aliphatic rings. The van der Waals surface area contributed by atoms with Crippen molar-refractivity contribution in [2.45, 2.75) is 26.1 Å². The number of carbonyl (C=O) groups excluding carboxylic acids is 1. The zero-order valence-corrected chi connectivity index (χ0v) is 10.6. The van der Waals surface area contributed by atoms with Crippen LogP contribution >= 0.6 is 11.6 Å². The molecule has 5 heteroatoms. The number of carbonyl (C=O) groups is 1. The van der Waals surface area contributed by atoms with Crippen molar-refractivity contribution in [2.75, 3.05) is 13.1 Å². The minimum Gasteiger partial charge on any atom is -0.372 e. The molecule has 0 bridgehead atoms. The van der Waals surface area contributed by atoms with Crippen LogP contribution in [-0.2, 0) is 4.74 Å². The Morgan fingerprint density at radius 2 is 2.06 bits per heavy atom. The third-order valence-corrected chi connectivity index (χ3v) is 2.90. The zero-order chi connectivity index (χ0) is 12.4. The number of morpholine rings is 1. The zero-order valence-electron chi connectivity index (χ0n) is 9.89. The quantitative estimate of drug-likeness (QED) is 0.720. The Balaban J connectivity index is 2.11. The molecule has 4 nitrogen and oxygen atoms in total. The van der Waals surface area contributed by atoms with Gasteiger partial charge in [0.25, 0.3) is 5.91 Å². The molecule has 0 radical (unpaired) electrons. The molecular weight excluding hydrogens is 240 g/mol. The number of halogens is 1. The molecule has 0 aliphatic carbocycles. The van der Waals surface area contributed by atoms with E-state index in [0.29, 0.717) is 23.8 Å². The van der Waals surface area contributed by atoms with Crippen LogP contribution in [0.4, 0.5) is 0 Å². The lowest BCUT2D eigenvalue weighted by molar-refractivity contribution is -0.0586. The Bertz CT molecular complexity index is 397. The smallest absolute Gasteiger partial charge is 0.255 e. The summed E-state index contributed by atoms with van der Waals surface area (Å²) in [7, 11) is 0. The molecule has 2 atom stereocenters. The monoisotopic (exact) mass is 254 g/mol. The van der Waals surface area contributed by atoms with Gasteiger partial charge in [-0.3, -0.25) is 4.79 Å². The van der Waals surface area contributed by atoms with E-state index in [1.54, 1.807) is 17.0 Å². The normalized spacial score (nSPS) is 24.8. The van der Waals surface area contributed by atoms with Crippen LogP contribution in [0.5, 0.6) is 0 Å². The molecule has 2 heterocycles. The Labute approximate surface area is 106 Å². The highest BCUT2D eigenvalue weighted by Crippen LogP contribution is 2.14. The van der Waals surface area contributed by atoms with Crippen LogP contribution in [0.2, 0.25) is 5.15 Å². The van der Waals surface area contributed by atoms with Gasteiger partial charge in [-0.25, -0.2) is 4.98 Å². The van der Waals surface area contributed by atoms with Gasteiger partial charge in [0.15, 0.2) is 0 Å². The lowest BCUT2D eigenvalue weighted by Crippen LogP contribution is -2.48. The number of hydrogen-bond donors (Lipinski definition) is 0. The van der Waals surface area contributed by atoms with Crippen LogP contribution in [0.25, 0.3) is 0 Å². The molecule has 92 valence electrons. The maximum atomic E-state index is 12.2. The van der Waals surface area contributed by atoms with E-state index in [0.717, 1.165) is 0 Å². The van der Waals surface area contributed by atoms with Gasteiger partial charge in [0, 0.05) is 19.3 Å². The summed E-state index contributed by atoms with van der Waals surface area (Å²) in [5.41, 5.74) is 0.565. The highest BCUT2D eigenvalue weighted by molar-refractivity contribution is 6.29. The molecule has 1 saturated heterocycles. The molecule has 0 saturated carbocycles. The molecular formula is C12H15ClN2O2. The fraction of sp³-hybridized carbons (Fsp3) is 0.500. The van der Waals surface area contributed by atoms with E-state index >= 15 is 0 Å². The highest BCUT2D eigenvalue weighted by atomic mass is 35.5. The highest BCUT2D eigenvalue weighted by Gasteiger charge is 2.26. The first-order valence-corrected chi connectivity index (χ1v) is 6.00. The molecule has 0 unspecified atom stereocenters. The number of rotatable bonds is 1. The Kier molecular flexibility index (Phi) is 3.64. The van der Waals surface area contributed by atoms with Crippen molar-refractivity contribution in [1.82, 2.24) is 9.88 Å². The van der Waals surface area contributed by atoms with Crippen molar-refractivity contribution in [3.63, 3.8) is 0 Å². The van der Waals surface area contributed by atoms with Gasteiger partial charge in [0.05, 0.1) is 17.8 Å². The summed E-state index contributed by atoms with van der Waals surface area (Å²) in [5, 5.41) is 0.394. The van der Waals surface area contributed by atoms with Gasteiger partial charge in [-0.2, -0.15) is 0 Å². The lowest BCUT2D eigenvalue weighted by Gasteiger charge is -2.35. The minimum absolute atomic E-state index is 0.0174. The standard InChI is InChI=1S/C12H15ClN2O2/c1-8-6-15(7-9(2)17-8)12(16)10-3-4-11(13)14-5-10/h3-5,8-9H,6-7H2,1-2H3/t8-,9+. The van der Waals surface area contributed by atoms with Gasteiger partial charge in [-0.15, -0.1) is 0 Å². The van der Waals surface area contributed by atoms with Gasteiger partial charge in [-0.1, -0.05) is 11.6 Å². The van der Waals surface area contributed by atoms with Gasteiger partial charge in [-0.05, 0) is 26.0 Å². The fourth-order valence-electron chi connectivity index (χ4n) is 2.03. The molecule has 0 aromatic carbocycles. The van der Waals surface area contributed by atoms with E-state index in [9.17, 15) is 4.79 Å². The van der Waals surface area contributed by atoms with Crippen molar-refractivity contribution < 1.29 is 9.53 Å². The van der Waals surface area contributed by atoms with Gasteiger partial charge >= 0.3 is 0 Å². The molecule has 1 amide bonds. The Morgan fingerprint density at radius 3 is 2.59 bits per heavy atom. The molecule has 1 aliphatic heterocycles. The van der Waals surface area contributed by atoms with Gasteiger partial charge < -0.3 is 9.64 Å². The summed E-state index contributed by atoms with van der Waals surface area (Å²) in [6.45, 7) is 5.17. The van der Waals surface area contributed by atoms with Crippen molar-refractivity contribution in [3.8, 4) is 0 Å². The van der Waals surface area contributed by atoms with Crippen LogP contribution in [0, 0.1) is 0 Å². The summed E-state index contributed by atoms with van der Waals surface area (Å²) in [4.78, 5) is 17.9. The molecule has 0 spiro atoms. The van der Waals surface area contributed by atoms with Crippen LogP contribution in [-0.4, -0.2) is 41.1 Å². The van der Waals surface area contributed by atoms with E-state index in [4.69, 9.17) is 16.3 Å². The number of aromatic nitrogens is 1. The van der Waals surface area contributed by atoms with Gasteiger partial charge in [0.1, 0.15) is 5.15 Å². The molecule has 17 heavy (non-hydrogen) atoms. The van der Waals surface area contributed by atoms with E-state index in [1.807, 2.05) is 13.8 Å². The first kappa shape index (κ1) is 12.3. The van der Waals surface area contributed by atoms with E-state index in [-0.39, 0.29) is 18.1 Å². The largest absolute Gasteiger partial charge is 0.372 e. The third kappa shape index (κ3) is 2.96. The predicted molar refractivity (Wildman–Crippen MR) is 65.2 cm³/mol. The Hall–Kier alpha value is -1.13. The summed E-state index contributed by atoms with van der Waals surface area (Å²) >= 11 is 5.69. The van der Waals surface area contributed by atoms with Crippen molar-refractivity contribution in [2.24, 2.45) is 0 Å². The Morgan fingerprint density at radius 1 is 1.41 bits per heavy atom. The third-order valence-electron chi connectivity index (χ3n) is 2.68. The van der Waals surface area contributed by atoms with Crippen LogP contribution in [0.1, 0.15) is 24.2 Å². The summed E-state index contributed by atoms with van der Waals surface area (Å²) < 4.78 is 5.59. The second-order valence-electron chi connectivity index (χ2n) is 4.34. The second kappa shape index (κ2) is 5.02.